The van der Waals surface area contributed by atoms with E-state index in [1.807, 2.05) is 0 Å². The summed E-state index contributed by atoms with van der Waals surface area (Å²) >= 11 is 16.0. The van der Waals surface area contributed by atoms with Crippen molar-refractivity contribution in [3.63, 3.8) is 0 Å². The van der Waals surface area contributed by atoms with Crippen LogP contribution < -0.4 is 5.30 Å². The van der Waals surface area contributed by atoms with Crippen molar-refractivity contribution in [1.29, 1.82) is 0 Å². The lowest BCUT2D eigenvalue weighted by molar-refractivity contribution is -0.358. The van der Waals surface area contributed by atoms with Crippen LogP contribution in [0.3, 0.4) is 0 Å². The predicted molar refractivity (Wildman–Crippen MR) is 81.9 cm³/mol. The zero-order valence-electron chi connectivity index (χ0n) is 12.2. The van der Waals surface area contributed by atoms with Crippen LogP contribution in [0.2, 0.25) is 0 Å². The van der Waals surface area contributed by atoms with Crippen LogP contribution in [0, 0.1) is 0 Å². The van der Waals surface area contributed by atoms with Gasteiger partial charge >= 0.3 is 18.0 Å². The summed E-state index contributed by atoms with van der Waals surface area (Å²) in [7, 11) is -5.02. The summed E-state index contributed by atoms with van der Waals surface area (Å²) in [6.45, 7) is -2.66. The monoisotopic (exact) mass is 470 g/mol. The first-order chi connectivity index (χ1) is 11.5. The molecule has 0 amide bonds. The van der Waals surface area contributed by atoms with Gasteiger partial charge in [0.25, 0.3) is 7.37 Å². The molecule has 0 aliphatic carbocycles. The maximum atomic E-state index is 13.4. The molecule has 1 aromatic carbocycles. The zero-order valence-corrected chi connectivity index (χ0v) is 15.3. The molecule has 0 aliphatic heterocycles. The van der Waals surface area contributed by atoms with E-state index in [4.69, 9.17) is 34.8 Å². The molecule has 0 saturated heterocycles. The van der Waals surface area contributed by atoms with Crippen molar-refractivity contribution in [1.82, 2.24) is 0 Å². The first-order valence-corrected chi connectivity index (χ1v) is 9.16. The van der Waals surface area contributed by atoms with Crippen molar-refractivity contribution >= 4 is 47.5 Å². The van der Waals surface area contributed by atoms with E-state index in [1.165, 1.54) is 18.2 Å². The minimum absolute atomic E-state index is 0.537. The molecule has 14 heteroatoms. The number of benzene rings is 1. The Bertz CT molecular complexity index is 664. The molecule has 2 atom stereocenters. The van der Waals surface area contributed by atoms with Crippen molar-refractivity contribution in [2.75, 3.05) is 6.61 Å². The summed E-state index contributed by atoms with van der Waals surface area (Å²) < 4.78 is 103. The molecule has 1 rings (SSSR count). The molecule has 0 spiro atoms. The standard InChI is InChI=1S/C12H9Cl3F7O3P/c13-10(14,15)8(23)26(24,7-4-2-1-3-5-7)25-6-9(16,17)11(18,19)12(20,21)22/h1-5,8,23H,6H2. The van der Waals surface area contributed by atoms with Gasteiger partial charge in [-0.3, -0.25) is 4.57 Å². The quantitative estimate of drug-likeness (QED) is 0.356. The molecule has 150 valence electrons. The van der Waals surface area contributed by atoms with Gasteiger partial charge in [0.15, 0.2) is 5.85 Å². The first kappa shape index (κ1) is 23.8. The molecule has 0 bridgehead atoms. The number of hydrogen-bond donors (Lipinski definition) is 1. The topological polar surface area (TPSA) is 46.5 Å². The van der Waals surface area contributed by atoms with Gasteiger partial charge in [-0.2, -0.15) is 30.7 Å². The summed E-state index contributed by atoms with van der Waals surface area (Å²) in [4.78, 5) is 0. The van der Waals surface area contributed by atoms with Gasteiger partial charge in [-0.1, -0.05) is 53.0 Å². The Morgan fingerprint density at radius 3 is 1.85 bits per heavy atom. The molecule has 3 nitrogen and oxygen atoms in total. The van der Waals surface area contributed by atoms with E-state index in [9.17, 15) is 40.4 Å². The average Bonchev–Trinajstić information content (AvgIpc) is 2.50. The minimum atomic E-state index is -6.61. The van der Waals surface area contributed by atoms with Gasteiger partial charge in [0.2, 0.25) is 3.79 Å². The summed E-state index contributed by atoms with van der Waals surface area (Å²) in [5.74, 6) is -14.9. The van der Waals surface area contributed by atoms with Crippen LogP contribution in [0.1, 0.15) is 0 Å². The van der Waals surface area contributed by atoms with E-state index >= 15 is 0 Å². The third-order valence-electron chi connectivity index (χ3n) is 2.98. The molecule has 1 N–H and O–H groups in total. The van der Waals surface area contributed by atoms with Crippen LogP contribution in [0.5, 0.6) is 0 Å². The third-order valence-corrected chi connectivity index (χ3v) is 6.62. The number of aliphatic hydroxyl groups is 1. The second-order valence-corrected chi connectivity index (χ2v) is 9.72. The molecule has 26 heavy (non-hydrogen) atoms. The fraction of sp³-hybridized carbons (Fsp3) is 0.500. The SMILES string of the molecule is O=P(OCC(F)(F)C(F)(F)C(F)(F)F)(c1ccccc1)C(O)C(Cl)(Cl)Cl. The maximum Gasteiger partial charge on any atom is 0.459 e. The summed E-state index contributed by atoms with van der Waals surface area (Å²) in [6.07, 6.45) is -6.61. The lowest BCUT2D eigenvalue weighted by atomic mass is 10.2. The van der Waals surface area contributed by atoms with E-state index in [1.54, 1.807) is 0 Å². The smallest absolute Gasteiger partial charge is 0.379 e. The molecule has 1 aromatic rings. The Balaban J connectivity index is 3.27. The summed E-state index contributed by atoms with van der Waals surface area (Å²) in [6, 6.07) is 5.67. The highest BCUT2D eigenvalue weighted by Crippen LogP contribution is 2.58. The Labute approximate surface area is 157 Å². The van der Waals surface area contributed by atoms with Crippen molar-refractivity contribution < 1.29 is 44.9 Å². The zero-order chi connectivity index (χ0) is 20.6. The molecular formula is C12H9Cl3F7O3P. The lowest BCUT2D eigenvalue weighted by Gasteiger charge is -2.32. The molecular weight excluding hydrogens is 462 g/mol. The molecule has 2 unspecified atom stereocenters. The van der Waals surface area contributed by atoms with Gasteiger partial charge in [0.05, 0.1) is 0 Å². The highest BCUT2D eigenvalue weighted by molar-refractivity contribution is 7.67. The van der Waals surface area contributed by atoms with Gasteiger partial charge in [-0.25, -0.2) is 0 Å². The number of hydrogen-bond acceptors (Lipinski definition) is 3. The molecule has 0 aromatic heterocycles. The Kier molecular flexibility index (Phi) is 6.99. The van der Waals surface area contributed by atoms with E-state index in [2.05, 4.69) is 4.52 Å². The fourth-order valence-corrected chi connectivity index (χ4v) is 4.65. The molecule has 0 fully saturated rings. The summed E-state index contributed by atoms with van der Waals surface area (Å²) in [5, 5.41) is 9.34. The van der Waals surface area contributed by atoms with E-state index < -0.39 is 46.9 Å². The molecule has 0 heterocycles. The normalized spacial score (nSPS) is 17.7. The van der Waals surface area contributed by atoms with Crippen molar-refractivity contribution in [3.8, 4) is 0 Å². The molecule has 0 aliphatic rings. The number of aliphatic hydroxyl groups excluding tert-OH is 1. The first-order valence-electron chi connectivity index (χ1n) is 6.34. The average molecular weight is 472 g/mol. The minimum Gasteiger partial charge on any atom is -0.379 e. The number of halogens is 10. The molecule has 0 radical (unpaired) electrons. The van der Waals surface area contributed by atoms with Crippen LogP contribution in [-0.4, -0.2) is 39.4 Å². The van der Waals surface area contributed by atoms with Crippen LogP contribution in [-0.2, 0) is 9.09 Å². The molecule has 0 saturated carbocycles. The van der Waals surface area contributed by atoms with Crippen LogP contribution in [0.25, 0.3) is 0 Å². The Morgan fingerprint density at radius 1 is 1.00 bits per heavy atom. The number of rotatable bonds is 6. The predicted octanol–water partition coefficient (Wildman–Crippen LogP) is 5.13. The van der Waals surface area contributed by atoms with Crippen LogP contribution in [0.4, 0.5) is 30.7 Å². The largest absolute Gasteiger partial charge is 0.459 e. The Hall–Kier alpha value is -0.250. The number of alkyl halides is 10. The van der Waals surface area contributed by atoms with Gasteiger partial charge in [0.1, 0.15) is 6.61 Å². The van der Waals surface area contributed by atoms with Crippen LogP contribution >= 0.6 is 42.2 Å². The highest BCUT2D eigenvalue weighted by atomic mass is 35.6. The second-order valence-electron chi connectivity index (χ2n) is 4.90. The van der Waals surface area contributed by atoms with E-state index in [0.717, 1.165) is 12.1 Å². The van der Waals surface area contributed by atoms with Gasteiger partial charge in [0, 0.05) is 5.30 Å². The van der Waals surface area contributed by atoms with Gasteiger partial charge in [-0.15, -0.1) is 0 Å². The van der Waals surface area contributed by atoms with Gasteiger partial charge in [-0.05, 0) is 12.1 Å². The summed E-state index contributed by atoms with van der Waals surface area (Å²) in [5.41, 5.74) is 0. The van der Waals surface area contributed by atoms with Crippen molar-refractivity contribution in [2.45, 2.75) is 27.7 Å². The second kappa shape index (κ2) is 7.64. The fourth-order valence-electron chi connectivity index (χ4n) is 1.59. The van der Waals surface area contributed by atoms with E-state index in [0.29, 0.717) is 0 Å². The third kappa shape index (κ3) is 4.77. The van der Waals surface area contributed by atoms with Crippen molar-refractivity contribution in [2.24, 2.45) is 0 Å². The maximum absolute atomic E-state index is 13.4. The highest BCUT2D eigenvalue weighted by Gasteiger charge is 2.73. The lowest BCUT2D eigenvalue weighted by Crippen LogP contribution is -2.54. The van der Waals surface area contributed by atoms with Gasteiger partial charge < -0.3 is 9.63 Å². The van der Waals surface area contributed by atoms with Crippen molar-refractivity contribution in [3.05, 3.63) is 30.3 Å². The van der Waals surface area contributed by atoms with Crippen LogP contribution in [0.15, 0.2) is 30.3 Å². The van der Waals surface area contributed by atoms with E-state index in [-0.39, 0.29) is 0 Å². The Morgan fingerprint density at radius 2 is 1.46 bits per heavy atom.